The Morgan fingerprint density at radius 3 is 2.35 bits per heavy atom. The van der Waals surface area contributed by atoms with Crippen LogP contribution in [0.4, 0.5) is 4.79 Å². The SMILES string of the molecule is CC(=O)c1cc(C=C(CNC(=O)OCc2ccccc2)B2OC(C)(C)C(C)(C)O2)cs1. The van der Waals surface area contributed by atoms with E-state index >= 15 is 0 Å². The number of Topliss-reactive ketones (excluding diaryl/α,β-unsaturated/α-hetero) is 1. The van der Waals surface area contributed by atoms with Crippen molar-refractivity contribution in [1.29, 1.82) is 0 Å². The number of thiophene rings is 1. The summed E-state index contributed by atoms with van der Waals surface area (Å²) in [5.41, 5.74) is 1.49. The third kappa shape index (κ3) is 5.84. The van der Waals surface area contributed by atoms with E-state index in [1.54, 1.807) is 6.92 Å². The fourth-order valence-corrected chi connectivity index (χ4v) is 3.74. The molecule has 1 saturated heterocycles. The highest BCUT2D eigenvalue weighted by Gasteiger charge is 2.52. The van der Waals surface area contributed by atoms with Gasteiger partial charge in [0.2, 0.25) is 0 Å². The summed E-state index contributed by atoms with van der Waals surface area (Å²) in [4.78, 5) is 24.6. The molecule has 0 aliphatic carbocycles. The molecule has 2 aromatic rings. The van der Waals surface area contributed by atoms with Gasteiger partial charge in [0.1, 0.15) is 6.61 Å². The molecule has 2 heterocycles. The van der Waals surface area contributed by atoms with Gasteiger partial charge in [-0.15, -0.1) is 11.3 Å². The van der Waals surface area contributed by atoms with Gasteiger partial charge in [0.15, 0.2) is 5.78 Å². The van der Waals surface area contributed by atoms with Gasteiger partial charge in [0.05, 0.1) is 16.1 Å². The fourth-order valence-electron chi connectivity index (χ4n) is 2.97. The molecule has 1 amide bonds. The zero-order valence-electron chi connectivity index (χ0n) is 18.6. The second-order valence-electron chi connectivity index (χ2n) is 8.52. The van der Waals surface area contributed by atoms with Gasteiger partial charge in [0.25, 0.3) is 0 Å². The molecule has 0 bridgehead atoms. The number of ether oxygens (including phenoxy) is 1. The first-order valence-electron chi connectivity index (χ1n) is 10.2. The second kappa shape index (κ2) is 9.38. The van der Waals surface area contributed by atoms with Crippen molar-refractivity contribution in [3.63, 3.8) is 0 Å². The predicted molar refractivity (Wildman–Crippen MR) is 123 cm³/mol. The van der Waals surface area contributed by atoms with Crippen LogP contribution in [0.3, 0.4) is 0 Å². The lowest BCUT2D eigenvalue weighted by atomic mass is 9.77. The molecule has 1 fully saturated rings. The molecule has 1 aromatic heterocycles. The van der Waals surface area contributed by atoms with Crippen LogP contribution in [0.25, 0.3) is 6.08 Å². The maximum Gasteiger partial charge on any atom is 0.492 e. The van der Waals surface area contributed by atoms with Gasteiger partial charge in [-0.3, -0.25) is 4.79 Å². The number of hydrogen-bond donors (Lipinski definition) is 1. The molecule has 6 nitrogen and oxygen atoms in total. The minimum absolute atomic E-state index is 0.0180. The Bertz CT molecular complexity index is 951. The molecule has 31 heavy (non-hydrogen) atoms. The van der Waals surface area contributed by atoms with Crippen molar-refractivity contribution in [2.24, 2.45) is 0 Å². The van der Waals surface area contributed by atoms with Crippen LogP contribution in [0.5, 0.6) is 0 Å². The second-order valence-corrected chi connectivity index (χ2v) is 9.43. The van der Waals surface area contributed by atoms with E-state index in [0.29, 0.717) is 4.88 Å². The Labute approximate surface area is 187 Å². The number of amides is 1. The van der Waals surface area contributed by atoms with Crippen molar-refractivity contribution >= 4 is 36.4 Å². The Kier molecular flexibility index (Phi) is 7.04. The number of nitrogens with one attached hydrogen (secondary N) is 1. The summed E-state index contributed by atoms with van der Waals surface area (Å²) in [5.74, 6) is 0.0180. The average molecular weight is 441 g/mol. The number of alkyl carbamates (subject to hydrolysis) is 1. The molecule has 0 spiro atoms. The molecular weight excluding hydrogens is 413 g/mol. The Balaban J connectivity index is 1.72. The molecule has 8 heteroatoms. The van der Waals surface area contributed by atoms with E-state index < -0.39 is 24.4 Å². The van der Waals surface area contributed by atoms with Crippen LogP contribution in [-0.2, 0) is 20.7 Å². The van der Waals surface area contributed by atoms with Crippen LogP contribution in [-0.4, -0.2) is 36.7 Å². The van der Waals surface area contributed by atoms with Crippen LogP contribution in [0.2, 0.25) is 0 Å². The molecule has 1 aliphatic heterocycles. The van der Waals surface area contributed by atoms with Gasteiger partial charge >= 0.3 is 13.2 Å². The molecular formula is C23H28BNO5S. The number of carbonyl (C=O) groups is 2. The molecule has 0 unspecified atom stereocenters. The first-order chi connectivity index (χ1) is 14.6. The van der Waals surface area contributed by atoms with E-state index in [1.165, 1.54) is 11.3 Å². The summed E-state index contributed by atoms with van der Waals surface area (Å²) in [6.07, 6.45) is 1.36. The van der Waals surface area contributed by atoms with E-state index in [4.69, 9.17) is 14.0 Å². The lowest BCUT2D eigenvalue weighted by Crippen LogP contribution is -2.41. The molecule has 0 saturated carbocycles. The van der Waals surface area contributed by atoms with Crippen molar-refractivity contribution in [1.82, 2.24) is 5.32 Å². The highest BCUT2D eigenvalue weighted by atomic mass is 32.1. The maximum atomic E-state index is 12.3. The van der Waals surface area contributed by atoms with Crippen LogP contribution < -0.4 is 5.32 Å². The van der Waals surface area contributed by atoms with Crippen LogP contribution >= 0.6 is 11.3 Å². The summed E-state index contributed by atoms with van der Waals surface area (Å²) in [6, 6.07) is 11.3. The van der Waals surface area contributed by atoms with Crippen LogP contribution in [0, 0.1) is 0 Å². The van der Waals surface area contributed by atoms with Gasteiger partial charge in [-0.25, -0.2) is 4.79 Å². The van der Waals surface area contributed by atoms with Gasteiger partial charge in [-0.05, 0) is 62.7 Å². The summed E-state index contributed by atoms with van der Waals surface area (Å²) in [6.45, 7) is 9.83. The first kappa shape index (κ1) is 23.3. The number of hydrogen-bond acceptors (Lipinski definition) is 6. The molecule has 0 atom stereocenters. The number of rotatable bonds is 7. The first-order valence-corrected chi connectivity index (χ1v) is 11.1. The Morgan fingerprint density at radius 1 is 1.13 bits per heavy atom. The van der Waals surface area contributed by atoms with E-state index in [-0.39, 0.29) is 18.9 Å². The highest BCUT2D eigenvalue weighted by molar-refractivity contribution is 7.12. The minimum Gasteiger partial charge on any atom is -0.445 e. The highest BCUT2D eigenvalue weighted by Crippen LogP contribution is 2.38. The minimum atomic E-state index is -0.625. The molecule has 1 aromatic carbocycles. The van der Waals surface area contributed by atoms with Gasteiger partial charge in [-0.1, -0.05) is 36.4 Å². The van der Waals surface area contributed by atoms with E-state index in [2.05, 4.69) is 5.32 Å². The lowest BCUT2D eigenvalue weighted by Gasteiger charge is -2.32. The van der Waals surface area contributed by atoms with Crippen LogP contribution in [0.1, 0.15) is 55.4 Å². The molecule has 0 radical (unpaired) electrons. The molecule has 1 aliphatic rings. The van der Waals surface area contributed by atoms with Crippen molar-refractivity contribution in [3.05, 3.63) is 63.3 Å². The largest absolute Gasteiger partial charge is 0.492 e. The van der Waals surface area contributed by atoms with Crippen molar-refractivity contribution in [2.45, 2.75) is 52.4 Å². The van der Waals surface area contributed by atoms with Gasteiger partial charge < -0.3 is 19.4 Å². The third-order valence-corrected chi connectivity index (χ3v) is 6.57. The summed E-state index contributed by atoms with van der Waals surface area (Å²) in [5, 5.41) is 4.68. The monoisotopic (exact) mass is 441 g/mol. The average Bonchev–Trinajstić information content (AvgIpc) is 3.26. The Morgan fingerprint density at radius 2 is 1.77 bits per heavy atom. The zero-order valence-corrected chi connectivity index (χ0v) is 19.4. The lowest BCUT2D eigenvalue weighted by molar-refractivity contribution is 0.00578. The number of ketones is 1. The standard InChI is InChI=1S/C23H28BNO5S/c1-16(26)20-12-18(15-31-20)11-19(24-29-22(2,3)23(4,5)30-24)13-25-21(27)28-14-17-9-7-6-8-10-17/h6-12,15H,13-14H2,1-5H3,(H,25,27). The van der Waals surface area contributed by atoms with E-state index in [1.807, 2.05) is 75.5 Å². The topological polar surface area (TPSA) is 73.9 Å². The molecule has 164 valence electrons. The summed E-state index contributed by atoms with van der Waals surface area (Å²) < 4.78 is 17.6. The van der Waals surface area contributed by atoms with Crippen molar-refractivity contribution in [2.75, 3.05) is 6.54 Å². The number of benzene rings is 1. The molecule has 1 N–H and O–H groups in total. The van der Waals surface area contributed by atoms with E-state index in [9.17, 15) is 9.59 Å². The number of carbonyl (C=O) groups excluding carboxylic acids is 2. The van der Waals surface area contributed by atoms with Crippen LogP contribution in [0.15, 0.2) is 47.3 Å². The quantitative estimate of drug-likeness (QED) is 0.489. The predicted octanol–water partition coefficient (Wildman–Crippen LogP) is 4.89. The normalized spacial score (nSPS) is 17.5. The smallest absolute Gasteiger partial charge is 0.445 e. The summed E-state index contributed by atoms with van der Waals surface area (Å²) >= 11 is 1.38. The van der Waals surface area contributed by atoms with Crippen molar-refractivity contribution in [3.8, 4) is 0 Å². The third-order valence-electron chi connectivity index (χ3n) is 5.52. The Hall–Kier alpha value is -2.42. The molecule has 3 rings (SSSR count). The fraction of sp³-hybridized carbons (Fsp3) is 0.391. The zero-order chi connectivity index (χ0) is 22.6. The summed E-state index contributed by atoms with van der Waals surface area (Å²) in [7, 11) is -0.625. The van der Waals surface area contributed by atoms with E-state index in [0.717, 1.165) is 16.6 Å². The van der Waals surface area contributed by atoms with Crippen molar-refractivity contribution < 1.29 is 23.6 Å². The van der Waals surface area contributed by atoms with Gasteiger partial charge in [-0.2, -0.15) is 0 Å². The maximum absolute atomic E-state index is 12.3. The van der Waals surface area contributed by atoms with Gasteiger partial charge in [0, 0.05) is 6.54 Å².